The molecule has 1 heterocycles. The summed E-state index contributed by atoms with van der Waals surface area (Å²) in [6, 6.07) is 13.6. The Balaban J connectivity index is 2.07. The Labute approximate surface area is 140 Å². The summed E-state index contributed by atoms with van der Waals surface area (Å²) in [5.41, 5.74) is 1.85. The van der Waals surface area contributed by atoms with Crippen molar-refractivity contribution in [2.75, 3.05) is 0 Å². The molecule has 3 rings (SSSR count). The number of benzene rings is 2. The number of hydrogen-bond acceptors (Lipinski definition) is 5. The van der Waals surface area contributed by atoms with Gasteiger partial charge in [0.1, 0.15) is 5.01 Å². The largest absolute Gasteiger partial charge is 0.481 e. The molecule has 2 aromatic carbocycles. The van der Waals surface area contributed by atoms with E-state index in [1.807, 2.05) is 24.3 Å². The van der Waals surface area contributed by atoms with Crippen LogP contribution in [0.1, 0.15) is 17.0 Å². The first kappa shape index (κ1) is 15.8. The van der Waals surface area contributed by atoms with Crippen LogP contribution in [0.2, 0.25) is 0 Å². The van der Waals surface area contributed by atoms with Crippen molar-refractivity contribution in [1.82, 2.24) is 4.98 Å². The molecule has 0 unspecified atom stereocenters. The number of thiazole rings is 1. The number of fused-ring (bicyclic) bond motifs is 1. The van der Waals surface area contributed by atoms with Gasteiger partial charge in [0.15, 0.2) is 0 Å². The Bertz CT molecular complexity index is 929. The summed E-state index contributed by atoms with van der Waals surface area (Å²) in [6.45, 7) is 0. The Morgan fingerprint density at radius 2 is 2.04 bits per heavy atom. The second kappa shape index (κ2) is 6.59. The zero-order valence-electron chi connectivity index (χ0n) is 12.4. The summed E-state index contributed by atoms with van der Waals surface area (Å²) in [6.07, 6.45) is 1.43. The lowest BCUT2D eigenvalue weighted by molar-refractivity contribution is -0.384. The number of aliphatic carboxylic acids is 1. The molecule has 3 aromatic rings. The monoisotopic (exact) mass is 340 g/mol. The van der Waals surface area contributed by atoms with E-state index in [9.17, 15) is 14.9 Å². The van der Waals surface area contributed by atoms with E-state index in [1.54, 1.807) is 18.2 Å². The maximum absolute atomic E-state index is 11.2. The molecule has 1 N–H and O–H groups in total. The summed E-state index contributed by atoms with van der Waals surface area (Å²) in [5.74, 6) is -0.981. The minimum Gasteiger partial charge on any atom is -0.481 e. The van der Waals surface area contributed by atoms with E-state index in [1.165, 1.54) is 23.5 Å². The molecule has 0 bridgehead atoms. The highest BCUT2D eigenvalue weighted by Gasteiger charge is 2.13. The molecule has 6 nitrogen and oxygen atoms in total. The maximum atomic E-state index is 11.2. The first-order chi connectivity index (χ1) is 11.5. The second-order valence-corrected chi connectivity index (χ2v) is 6.11. The van der Waals surface area contributed by atoms with E-state index in [-0.39, 0.29) is 12.1 Å². The molecule has 0 fully saturated rings. The third-order valence-electron chi connectivity index (χ3n) is 3.33. The smallest absolute Gasteiger partial charge is 0.307 e. The minimum atomic E-state index is -0.981. The van der Waals surface area contributed by atoms with E-state index in [2.05, 4.69) is 4.98 Å². The van der Waals surface area contributed by atoms with Crippen LogP contribution in [0, 0.1) is 10.1 Å². The van der Waals surface area contributed by atoms with Crippen LogP contribution in [-0.2, 0) is 4.79 Å². The zero-order chi connectivity index (χ0) is 17.1. The number of carboxylic acids is 1. The topological polar surface area (TPSA) is 93.3 Å². The highest BCUT2D eigenvalue weighted by atomic mass is 32.1. The first-order valence-corrected chi connectivity index (χ1v) is 7.87. The molecule has 120 valence electrons. The maximum Gasteiger partial charge on any atom is 0.307 e. The molecule has 0 aliphatic rings. The molecular weight excluding hydrogens is 328 g/mol. The van der Waals surface area contributed by atoms with Crippen molar-refractivity contribution < 1.29 is 14.8 Å². The summed E-state index contributed by atoms with van der Waals surface area (Å²) < 4.78 is 0.961. The lowest BCUT2D eigenvalue weighted by Gasteiger charge is -2.02. The Hall–Kier alpha value is -3.06. The molecule has 0 aliphatic carbocycles. The molecule has 0 saturated carbocycles. The standard InChI is InChI=1S/C17H12N2O4S/c20-16(21)10-12(8-11-4-3-5-13(9-11)19(22)23)17-18-14-6-1-2-7-15(14)24-17/h1-9H,10H2,(H,20,21)/b12-8-. The van der Waals surface area contributed by atoms with Gasteiger partial charge in [-0.25, -0.2) is 4.98 Å². The van der Waals surface area contributed by atoms with Gasteiger partial charge in [0, 0.05) is 12.1 Å². The van der Waals surface area contributed by atoms with Crippen LogP contribution < -0.4 is 0 Å². The van der Waals surface area contributed by atoms with Crippen molar-refractivity contribution in [3.63, 3.8) is 0 Å². The van der Waals surface area contributed by atoms with E-state index >= 15 is 0 Å². The fraction of sp³-hybridized carbons (Fsp3) is 0.0588. The van der Waals surface area contributed by atoms with Crippen molar-refractivity contribution in [2.24, 2.45) is 0 Å². The normalized spacial score (nSPS) is 11.6. The van der Waals surface area contributed by atoms with Gasteiger partial charge in [-0.15, -0.1) is 11.3 Å². The van der Waals surface area contributed by atoms with E-state index in [0.717, 1.165) is 10.2 Å². The second-order valence-electron chi connectivity index (χ2n) is 5.08. The average Bonchev–Trinajstić information content (AvgIpc) is 2.98. The Morgan fingerprint density at radius 1 is 1.25 bits per heavy atom. The molecule has 1 aromatic heterocycles. The lowest BCUT2D eigenvalue weighted by atomic mass is 10.1. The third-order valence-corrected chi connectivity index (χ3v) is 4.44. The van der Waals surface area contributed by atoms with Crippen molar-refractivity contribution in [3.05, 3.63) is 69.2 Å². The van der Waals surface area contributed by atoms with Crippen molar-refractivity contribution in [3.8, 4) is 0 Å². The molecule has 0 spiro atoms. The van der Waals surface area contributed by atoms with Crippen molar-refractivity contribution in [1.29, 1.82) is 0 Å². The molecule has 7 heteroatoms. The van der Waals surface area contributed by atoms with Crippen LogP contribution in [0.25, 0.3) is 21.9 Å². The van der Waals surface area contributed by atoms with Crippen molar-refractivity contribution >= 4 is 44.9 Å². The van der Waals surface area contributed by atoms with Gasteiger partial charge >= 0.3 is 5.97 Å². The van der Waals surface area contributed by atoms with Gasteiger partial charge in [0.25, 0.3) is 5.69 Å². The van der Waals surface area contributed by atoms with E-state index in [0.29, 0.717) is 16.1 Å². The first-order valence-electron chi connectivity index (χ1n) is 7.06. The number of nitrogens with zero attached hydrogens (tertiary/aromatic N) is 2. The van der Waals surface area contributed by atoms with Crippen LogP contribution >= 0.6 is 11.3 Å². The SMILES string of the molecule is O=C(O)C/C(=C/c1cccc([N+](=O)[O-])c1)c1nc2ccccc2s1. The summed E-state index contributed by atoms with van der Waals surface area (Å²) in [7, 11) is 0. The van der Waals surface area contributed by atoms with Gasteiger partial charge < -0.3 is 5.11 Å². The molecule has 0 saturated heterocycles. The quantitative estimate of drug-likeness (QED) is 0.554. The average molecular weight is 340 g/mol. The molecule has 0 atom stereocenters. The number of carboxylic acid groups (broad SMARTS) is 1. The highest BCUT2D eigenvalue weighted by Crippen LogP contribution is 2.30. The number of nitro benzene ring substituents is 1. The highest BCUT2D eigenvalue weighted by molar-refractivity contribution is 7.19. The van der Waals surface area contributed by atoms with Gasteiger partial charge in [0.2, 0.25) is 0 Å². The number of nitro groups is 1. The van der Waals surface area contributed by atoms with Crippen LogP contribution in [0.5, 0.6) is 0 Å². The third kappa shape index (κ3) is 3.47. The van der Waals surface area contributed by atoms with E-state index < -0.39 is 10.9 Å². The summed E-state index contributed by atoms with van der Waals surface area (Å²) >= 11 is 1.40. The zero-order valence-corrected chi connectivity index (χ0v) is 13.2. The Morgan fingerprint density at radius 3 is 2.75 bits per heavy atom. The summed E-state index contributed by atoms with van der Waals surface area (Å²) in [5, 5.41) is 20.7. The van der Waals surface area contributed by atoms with Gasteiger partial charge in [-0.2, -0.15) is 0 Å². The fourth-order valence-electron chi connectivity index (χ4n) is 2.29. The van der Waals surface area contributed by atoms with Gasteiger partial charge in [-0.1, -0.05) is 24.3 Å². The van der Waals surface area contributed by atoms with Gasteiger partial charge in [-0.05, 0) is 29.3 Å². The number of para-hydroxylation sites is 1. The molecular formula is C17H12N2O4S. The summed E-state index contributed by atoms with van der Waals surface area (Å²) in [4.78, 5) is 26.1. The lowest BCUT2D eigenvalue weighted by Crippen LogP contribution is -1.97. The number of rotatable bonds is 5. The molecule has 24 heavy (non-hydrogen) atoms. The van der Waals surface area contributed by atoms with Gasteiger partial charge in [-0.3, -0.25) is 14.9 Å². The van der Waals surface area contributed by atoms with Gasteiger partial charge in [0.05, 0.1) is 21.6 Å². The fourth-order valence-corrected chi connectivity index (χ4v) is 3.27. The predicted molar refractivity (Wildman–Crippen MR) is 92.8 cm³/mol. The van der Waals surface area contributed by atoms with Crippen LogP contribution in [0.15, 0.2) is 48.5 Å². The molecule has 0 aliphatic heterocycles. The number of carbonyl (C=O) groups is 1. The number of aromatic nitrogens is 1. The molecule has 0 radical (unpaired) electrons. The molecule has 0 amide bonds. The predicted octanol–water partition coefficient (Wildman–Crippen LogP) is 4.22. The minimum absolute atomic E-state index is 0.0391. The van der Waals surface area contributed by atoms with Crippen LogP contribution in [-0.4, -0.2) is 21.0 Å². The van der Waals surface area contributed by atoms with E-state index in [4.69, 9.17) is 5.11 Å². The van der Waals surface area contributed by atoms with Crippen molar-refractivity contribution in [2.45, 2.75) is 6.42 Å². The number of non-ortho nitro benzene ring substituents is 1. The van der Waals surface area contributed by atoms with Crippen LogP contribution in [0.3, 0.4) is 0 Å². The van der Waals surface area contributed by atoms with Crippen LogP contribution in [0.4, 0.5) is 5.69 Å². The number of hydrogen-bond donors (Lipinski definition) is 1. The Kier molecular flexibility index (Phi) is 4.35.